The van der Waals surface area contributed by atoms with Gasteiger partial charge in [-0.3, -0.25) is 0 Å². The summed E-state index contributed by atoms with van der Waals surface area (Å²) < 4.78 is 17.8. The van der Waals surface area contributed by atoms with Gasteiger partial charge in [0.2, 0.25) is 0 Å². The molecule has 0 bridgehead atoms. The van der Waals surface area contributed by atoms with Crippen LogP contribution < -0.4 is 5.46 Å². The SMILES string of the molecule is CC1(C)OB(c2cccc(-c3nc(-c4ccccc4)nc(-c4ccccc4)n3)c2)OC1(C)C.Clc1ccc(-c2cccc3c2sc2ccccc23)cc1.c1ccc(-c2nc(-c3ccccc3)nc(-c3cccc(-c4ccc(-c5cccc6c5sc5ccccc56)cc4)c3)n2)cc1. The predicted octanol–water partition coefficient (Wildman–Crippen LogP) is 22.1. The summed E-state index contributed by atoms with van der Waals surface area (Å²) in [5.74, 6) is 3.87. The number of rotatable bonds is 10. The molecule has 0 spiro atoms. The Bertz CT molecular complexity index is 5310. The quantitative estimate of drug-likeness (QED) is 0.125. The van der Waals surface area contributed by atoms with E-state index in [0.29, 0.717) is 34.9 Å². The van der Waals surface area contributed by atoms with E-state index in [1.807, 2.05) is 180 Å². The van der Waals surface area contributed by atoms with Gasteiger partial charge in [-0.15, -0.1) is 22.7 Å². The molecule has 1 fully saturated rings. The molecule has 12 aromatic carbocycles. The molecular formula is C84H62BClN6O2S2. The zero-order valence-corrected chi connectivity index (χ0v) is 55.5. The number of hydrogen-bond donors (Lipinski definition) is 0. The van der Waals surface area contributed by atoms with Gasteiger partial charge in [-0.25, -0.2) is 29.9 Å². The Balaban J connectivity index is 0.000000126. The molecular weight excluding hydrogens is 1240 g/mol. The Hall–Kier alpha value is -10.6. The van der Waals surface area contributed by atoms with Crippen molar-refractivity contribution in [3.63, 3.8) is 0 Å². The Morgan fingerprint density at radius 3 is 1.02 bits per heavy atom. The van der Waals surface area contributed by atoms with E-state index in [1.54, 1.807) is 0 Å². The van der Waals surface area contributed by atoms with Crippen molar-refractivity contribution < 1.29 is 9.31 Å². The molecule has 0 radical (unpaired) electrons. The van der Waals surface area contributed by atoms with Crippen LogP contribution in [0.1, 0.15) is 27.7 Å². The second-order valence-electron chi connectivity index (χ2n) is 24.5. The van der Waals surface area contributed by atoms with Crippen molar-refractivity contribution in [2.24, 2.45) is 0 Å². The summed E-state index contributed by atoms with van der Waals surface area (Å²) in [4.78, 5) is 29.1. The molecule has 1 saturated heterocycles. The third-order valence-electron chi connectivity index (χ3n) is 17.7. The first-order chi connectivity index (χ1) is 46.9. The standard InChI is InChI=1S/C39H25N3S.C27H26BN3O2.C18H11ClS/c1-3-11-28(12-4-1)37-40-38(29-13-5-2-6-14-29)42-39(41-37)31-16-9-15-30(25-31)26-21-23-27(24-22-26)32-18-10-19-34-33-17-7-8-20-35(33)43-36(32)34;1-26(2)27(3,4)33-28(32-26)22-17-11-16-21(18-22)25-30-23(19-12-7-5-8-13-19)29-24(31-25)20-14-9-6-10-15-20;19-13-10-8-12(9-11-13)14-5-3-6-16-15-4-1-2-7-17(15)20-18(14)16/h1-25H;5-18H,1-4H3;1-11H. The lowest BCUT2D eigenvalue weighted by atomic mass is 9.78. The molecule has 462 valence electrons. The van der Waals surface area contributed by atoms with Crippen LogP contribution in [-0.2, 0) is 9.31 Å². The fourth-order valence-electron chi connectivity index (χ4n) is 11.9. The lowest BCUT2D eigenvalue weighted by Gasteiger charge is -2.32. The van der Waals surface area contributed by atoms with E-state index in [1.165, 1.54) is 62.6 Å². The highest BCUT2D eigenvalue weighted by molar-refractivity contribution is 7.26. The summed E-state index contributed by atoms with van der Waals surface area (Å²) in [5.41, 5.74) is 13.0. The second-order valence-corrected chi connectivity index (χ2v) is 27.1. The minimum absolute atomic E-state index is 0.401. The largest absolute Gasteiger partial charge is 0.494 e. The molecule has 0 N–H and O–H groups in total. The third-order valence-corrected chi connectivity index (χ3v) is 20.4. The van der Waals surface area contributed by atoms with Gasteiger partial charge in [0.05, 0.1) is 11.2 Å². The Morgan fingerprint density at radius 1 is 0.281 bits per heavy atom. The summed E-state index contributed by atoms with van der Waals surface area (Å²) in [7, 11) is -0.445. The number of thiophene rings is 2. The number of fused-ring (bicyclic) bond motifs is 6. The molecule has 0 unspecified atom stereocenters. The van der Waals surface area contributed by atoms with Crippen LogP contribution >= 0.6 is 34.3 Å². The number of benzene rings is 12. The lowest BCUT2D eigenvalue weighted by Crippen LogP contribution is -2.41. The molecule has 96 heavy (non-hydrogen) atoms. The van der Waals surface area contributed by atoms with Gasteiger partial charge in [0, 0.05) is 78.7 Å². The first-order valence-electron chi connectivity index (χ1n) is 31.9. The molecule has 12 heteroatoms. The minimum atomic E-state index is -0.445. The summed E-state index contributed by atoms with van der Waals surface area (Å²) in [6.07, 6.45) is 0. The summed E-state index contributed by atoms with van der Waals surface area (Å²) in [5, 5.41) is 6.08. The molecule has 1 aliphatic rings. The van der Waals surface area contributed by atoms with Crippen molar-refractivity contribution in [2.75, 3.05) is 0 Å². The number of hydrogen-bond acceptors (Lipinski definition) is 10. The van der Waals surface area contributed by atoms with Crippen molar-refractivity contribution in [1.82, 2.24) is 29.9 Å². The van der Waals surface area contributed by atoms with E-state index >= 15 is 0 Å². The predicted molar refractivity (Wildman–Crippen MR) is 402 cm³/mol. The van der Waals surface area contributed by atoms with Crippen molar-refractivity contribution >= 4 is 87.2 Å². The first kappa shape index (κ1) is 61.5. The smallest absolute Gasteiger partial charge is 0.399 e. The highest BCUT2D eigenvalue weighted by Crippen LogP contribution is 2.43. The summed E-state index contributed by atoms with van der Waals surface area (Å²) >= 11 is 9.70. The van der Waals surface area contributed by atoms with E-state index in [9.17, 15) is 0 Å². The first-order valence-corrected chi connectivity index (χ1v) is 33.9. The Morgan fingerprint density at radius 2 is 0.594 bits per heavy atom. The van der Waals surface area contributed by atoms with Crippen molar-refractivity contribution in [2.45, 2.75) is 38.9 Å². The molecule has 16 aromatic rings. The van der Waals surface area contributed by atoms with E-state index in [-0.39, 0.29) is 0 Å². The zero-order chi connectivity index (χ0) is 65.2. The van der Waals surface area contributed by atoms with E-state index in [4.69, 9.17) is 50.8 Å². The number of halogens is 1. The van der Waals surface area contributed by atoms with Crippen LogP contribution in [0.2, 0.25) is 5.02 Å². The topological polar surface area (TPSA) is 95.8 Å². The van der Waals surface area contributed by atoms with Gasteiger partial charge in [-0.2, -0.15) is 0 Å². The van der Waals surface area contributed by atoms with Crippen LogP contribution in [0.15, 0.2) is 303 Å². The Kier molecular flexibility index (Phi) is 17.1. The van der Waals surface area contributed by atoms with Crippen LogP contribution in [0.4, 0.5) is 0 Å². The molecule has 0 amide bonds. The van der Waals surface area contributed by atoms with Crippen LogP contribution in [-0.4, -0.2) is 48.2 Å². The maximum absolute atomic E-state index is 6.25. The molecule has 4 aromatic heterocycles. The number of aromatic nitrogens is 6. The monoisotopic (exact) mass is 1300 g/mol. The lowest BCUT2D eigenvalue weighted by molar-refractivity contribution is 0.00578. The maximum atomic E-state index is 6.25. The minimum Gasteiger partial charge on any atom is -0.399 e. The van der Waals surface area contributed by atoms with Crippen LogP contribution in [0.5, 0.6) is 0 Å². The molecule has 0 aliphatic carbocycles. The average molecular weight is 1300 g/mol. The molecule has 0 atom stereocenters. The van der Waals surface area contributed by atoms with Crippen LogP contribution in [0.25, 0.3) is 142 Å². The molecule has 5 heterocycles. The Labute approximate surface area is 571 Å². The fraction of sp³-hybridized carbons (Fsp3) is 0.0714. The van der Waals surface area contributed by atoms with Gasteiger partial charge in [-0.1, -0.05) is 285 Å². The molecule has 8 nitrogen and oxygen atoms in total. The van der Waals surface area contributed by atoms with Gasteiger partial charge in [0.15, 0.2) is 34.9 Å². The average Bonchev–Trinajstić information content (AvgIpc) is 2.03. The normalized spacial score (nSPS) is 13.1. The highest BCUT2D eigenvalue weighted by Gasteiger charge is 2.51. The van der Waals surface area contributed by atoms with Crippen molar-refractivity contribution in [3.05, 3.63) is 308 Å². The number of nitrogens with zero attached hydrogens (tertiary/aromatic N) is 6. The van der Waals surface area contributed by atoms with E-state index < -0.39 is 18.3 Å². The van der Waals surface area contributed by atoms with Gasteiger partial charge in [-0.05, 0) is 96.9 Å². The van der Waals surface area contributed by atoms with Crippen molar-refractivity contribution in [3.8, 4) is 102 Å². The zero-order valence-electron chi connectivity index (χ0n) is 53.1. The summed E-state index contributed by atoms with van der Waals surface area (Å²) in [6, 6.07) is 104. The third kappa shape index (κ3) is 12.8. The van der Waals surface area contributed by atoms with Crippen molar-refractivity contribution in [1.29, 1.82) is 0 Å². The van der Waals surface area contributed by atoms with Crippen LogP contribution in [0.3, 0.4) is 0 Å². The molecule has 1 aliphatic heterocycles. The molecule has 17 rings (SSSR count). The molecule has 0 saturated carbocycles. The van der Waals surface area contributed by atoms with Gasteiger partial charge in [0.1, 0.15) is 0 Å². The highest BCUT2D eigenvalue weighted by atomic mass is 35.5. The van der Waals surface area contributed by atoms with E-state index in [2.05, 4.69) is 173 Å². The maximum Gasteiger partial charge on any atom is 0.494 e. The van der Waals surface area contributed by atoms with Crippen LogP contribution in [0, 0.1) is 0 Å². The van der Waals surface area contributed by atoms with Gasteiger partial charge >= 0.3 is 7.12 Å². The van der Waals surface area contributed by atoms with Gasteiger partial charge in [0.25, 0.3) is 0 Å². The van der Waals surface area contributed by atoms with E-state index in [0.717, 1.165) is 55.0 Å². The van der Waals surface area contributed by atoms with Gasteiger partial charge < -0.3 is 9.31 Å². The second kappa shape index (κ2) is 26.6. The summed E-state index contributed by atoms with van der Waals surface area (Å²) in [6.45, 7) is 8.23. The fourth-order valence-corrected chi connectivity index (χ4v) is 14.5.